The zero-order valence-corrected chi connectivity index (χ0v) is 24.4. The van der Waals surface area contributed by atoms with Gasteiger partial charge < -0.3 is 50.0 Å². The zero-order chi connectivity index (χ0) is 32.9. The van der Waals surface area contributed by atoms with Crippen molar-refractivity contribution in [2.45, 2.75) is 31.5 Å². The maximum atomic E-state index is 11.0. The van der Waals surface area contributed by atoms with Gasteiger partial charge in [-0.25, -0.2) is 19.2 Å². The van der Waals surface area contributed by atoms with Crippen LogP contribution in [0.15, 0.2) is 48.7 Å². The van der Waals surface area contributed by atoms with Gasteiger partial charge in [0.25, 0.3) is 0 Å². The van der Waals surface area contributed by atoms with E-state index in [1.54, 1.807) is 13.3 Å². The van der Waals surface area contributed by atoms with Crippen LogP contribution in [0.4, 0.5) is 0 Å². The molecule has 3 aromatic rings. The number of aliphatic hydroxyl groups excluding tert-OH is 1. The van der Waals surface area contributed by atoms with Crippen LogP contribution in [0.5, 0.6) is 17.2 Å². The van der Waals surface area contributed by atoms with E-state index in [1.165, 1.54) is 5.56 Å². The van der Waals surface area contributed by atoms with E-state index in [-0.39, 0.29) is 0 Å². The van der Waals surface area contributed by atoms with E-state index in [0.717, 1.165) is 66.2 Å². The quantitative estimate of drug-likeness (QED) is 0.204. The second-order valence-electron chi connectivity index (χ2n) is 9.95. The molecule has 45 heavy (non-hydrogen) atoms. The van der Waals surface area contributed by atoms with Crippen molar-refractivity contribution in [1.82, 2.24) is 15.2 Å². The molecule has 1 saturated heterocycles. The summed E-state index contributed by atoms with van der Waals surface area (Å²) < 4.78 is 16.7. The molecule has 1 atom stereocenters. The minimum Gasteiger partial charge on any atom is -0.497 e. The molecule has 2 aliphatic heterocycles. The number of methoxy groups -OCH3 is 1. The predicted molar refractivity (Wildman–Crippen MR) is 158 cm³/mol. The van der Waals surface area contributed by atoms with Crippen molar-refractivity contribution in [3.05, 3.63) is 59.8 Å². The third kappa shape index (κ3) is 10.6. The van der Waals surface area contributed by atoms with Crippen LogP contribution in [-0.2, 0) is 25.7 Å². The Labute approximate surface area is 257 Å². The third-order valence-electron chi connectivity index (χ3n) is 6.93. The first-order valence-electron chi connectivity index (χ1n) is 13.9. The zero-order valence-electron chi connectivity index (χ0n) is 24.4. The van der Waals surface area contributed by atoms with Gasteiger partial charge in [-0.15, -0.1) is 0 Å². The molecule has 15 heteroatoms. The van der Waals surface area contributed by atoms with E-state index in [4.69, 9.17) is 53.8 Å². The van der Waals surface area contributed by atoms with Gasteiger partial charge in [0, 0.05) is 30.7 Å². The Balaban J connectivity index is 0.000000392. The number of nitrogens with zero attached hydrogens (tertiary/aromatic N) is 2. The van der Waals surface area contributed by atoms with Gasteiger partial charge in [0.05, 0.1) is 18.7 Å². The van der Waals surface area contributed by atoms with Crippen molar-refractivity contribution >= 4 is 34.8 Å². The number of fused-ring (bicyclic) bond motifs is 2. The number of benzene rings is 2. The number of hydrogen-bond acceptors (Lipinski definition) is 11. The van der Waals surface area contributed by atoms with E-state index in [1.807, 2.05) is 30.3 Å². The van der Waals surface area contributed by atoms with Gasteiger partial charge in [0.1, 0.15) is 19.0 Å². The minimum atomic E-state index is -1.82. The number of ether oxygens (including phenoxy) is 3. The van der Waals surface area contributed by atoms with Crippen molar-refractivity contribution in [3.8, 4) is 17.2 Å². The number of aliphatic hydroxyl groups is 1. The standard InChI is InChI=1S/C26H31N3O4.2C2H2O4/c1-31-20-3-4-23-22(15-20)21(6-9-27-23)24(30)17-29-10-7-19(8-11-29)28-16-18-2-5-25-26(14-18)33-13-12-32-25;2*3-1(4)2(5)6/h2-6,9,14-15,19,24,28,30H,7-8,10-13,16-17H2,1H3;2*(H,3,4)(H,5,6)/t24-;;/m0../s1. The summed E-state index contributed by atoms with van der Waals surface area (Å²) in [6.45, 7) is 4.57. The number of aromatic nitrogens is 1. The number of carboxylic acids is 4. The number of pyridine rings is 1. The van der Waals surface area contributed by atoms with Crippen molar-refractivity contribution in [1.29, 1.82) is 0 Å². The summed E-state index contributed by atoms with van der Waals surface area (Å²) in [5.74, 6) is -4.85. The Morgan fingerprint density at radius 1 is 0.911 bits per heavy atom. The Morgan fingerprint density at radius 3 is 2.13 bits per heavy atom. The number of nitrogens with one attached hydrogen (secondary N) is 1. The van der Waals surface area contributed by atoms with Crippen LogP contribution in [0.2, 0.25) is 0 Å². The number of rotatable bonds is 7. The molecule has 0 bridgehead atoms. The van der Waals surface area contributed by atoms with Crippen molar-refractivity contribution < 1.29 is 58.9 Å². The van der Waals surface area contributed by atoms with E-state index < -0.39 is 30.0 Å². The highest BCUT2D eigenvalue weighted by molar-refractivity contribution is 6.27. The summed E-state index contributed by atoms with van der Waals surface area (Å²) in [6.07, 6.45) is 3.32. The number of aliphatic carboxylic acids is 4. The van der Waals surface area contributed by atoms with Crippen molar-refractivity contribution in [2.75, 3.05) is 40.0 Å². The lowest BCUT2D eigenvalue weighted by Gasteiger charge is -2.34. The van der Waals surface area contributed by atoms with Crippen molar-refractivity contribution in [3.63, 3.8) is 0 Å². The first kappa shape index (κ1) is 34.5. The van der Waals surface area contributed by atoms with Crippen LogP contribution in [0.25, 0.3) is 10.9 Å². The Hall–Kier alpha value is -4.99. The first-order valence-corrected chi connectivity index (χ1v) is 13.9. The summed E-state index contributed by atoms with van der Waals surface area (Å²) in [4.78, 5) is 43.2. The minimum absolute atomic E-state index is 0.470. The molecule has 1 aromatic heterocycles. The molecule has 0 radical (unpaired) electrons. The largest absolute Gasteiger partial charge is 0.497 e. The first-order chi connectivity index (χ1) is 21.5. The molecule has 5 rings (SSSR count). The fourth-order valence-corrected chi connectivity index (χ4v) is 4.69. The fraction of sp³-hybridized carbons (Fsp3) is 0.367. The van der Waals surface area contributed by atoms with Gasteiger partial charge in [-0.05, 0) is 73.5 Å². The predicted octanol–water partition coefficient (Wildman–Crippen LogP) is 1.61. The van der Waals surface area contributed by atoms with Crippen LogP contribution in [0, 0.1) is 0 Å². The molecule has 0 unspecified atom stereocenters. The third-order valence-corrected chi connectivity index (χ3v) is 6.93. The number of piperidine rings is 1. The second-order valence-corrected chi connectivity index (χ2v) is 9.95. The maximum absolute atomic E-state index is 11.0. The van der Waals surface area contributed by atoms with Crippen LogP contribution in [-0.4, -0.2) is 105 Å². The molecule has 1 fully saturated rings. The molecule has 0 amide bonds. The fourth-order valence-electron chi connectivity index (χ4n) is 4.69. The smallest absolute Gasteiger partial charge is 0.414 e. The van der Waals surface area contributed by atoms with Crippen molar-refractivity contribution in [2.24, 2.45) is 0 Å². The van der Waals surface area contributed by atoms with E-state index in [9.17, 15) is 5.11 Å². The highest BCUT2D eigenvalue weighted by Crippen LogP contribution is 2.31. The van der Waals surface area contributed by atoms with Crippen LogP contribution in [0.3, 0.4) is 0 Å². The summed E-state index contributed by atoms with van der Waals surface area (Å²) in [6, 6.07) is 14.3. The number of carbonyl (C=O) groups is 4. The molecule has 2 aromatic carbocycles. The van der Waals surface area contributed by atoms with E-state index >= 15 is 0 Å². The lowest BCUT2D eigenvalue weighted by Crippen LogP contribution is -2.43. The number of β-amino-alcohol motifs (C(OH)–C–C–N with tert-alkyl or cyclic N) is 1. The molecule has 15 nitrogen and oxygen atoms in total. The summed E-state index contributed by atoms with van der Waals surface area (Å²) in [5.41, 5.74) is 2.98. The van der Waals surface area contributed by atoms with Gasteiger partial charge in [-0.3, -0.25) is 4.98 Å². The molecule has 2 aliphatic rings. The van der Waals surface area contributed by atoms with Gasteiger partial charge in [-0.1, -0.05) is 6.07 Å². The highest BCUT2D eigenvalue weighted by atomic mass is 16.6. The number of likely N-dealkylation sites (tertiary alicyclic amines) is 1. The van der Waals surface area contributed by atoms with Crippen LogP contribution in [0.1, 0.15) is 30.1 Å². The molecule has 0 saturated carbocycles. The molecule has 6 N–H and O–H groups in total. The summed E-state index contributed by atoms with van der Waals surface area (Å²) >= 11 is 0. The second kappa shape index (κ2) is 16.7. The lowest BCUT2D eigenvalue weighted by molar-refractivity contribution is -0.159. The number of hydrogen-bond donors (Lipinski definition) is 6. The van der Waals surface area contributed by atoms with E-state index in [2.05, 4.69) is 27.3 Å². The SMILES string of the molecule is COc1ccc2nccc([C@@H](O)CN3CCC(NCc4ccc5c(c4)OCCO5)CC3)c2c1.O=C(O)C(=O)O.O=C(O)C(=O)O. The highest BCUT2D eigenvalue weighted by Gasteiger charge is 2.23. The molecule has 3 heterocycles. The Bertz CT molecular complexity index is 1440. The molecule has 0 aliphatic carbocycles. The average molecular weight is 630 g/mol. The molecule has 0 spiro atoms. The van der Waals surface area contributed by atoms with Crippen LogP contribution < -0.4 is 19.5 Å². The average Bonchev–Trinajstić information content (AvgIpc) is 3.04. The Morgan fingerprint density at radius 2 is 1.53 bits per heavy atom. The Kier molecular flexibility index (Phi) is 12.8. The monoisotopic (exact) mass is 629 g/mol. The molecule has 242 valence electrons. The molecular weight excluding hydrogens is 594 g/mol. The lowest BCUT2D eigenvalue weighted by atomic mass is 10.0. The van der Waals surface area contributed by atoms with Gasteiger partial charge in [0.2, 0.25) is 0 Å². The summed E-state index contributed by atoms with van der Waals surface area (Å²) in [5, 5.41) is 45.2. The van der Waals surface area contributed by atoms with Gasteiger partial charge in [-0.2, -0.15) is 0 Å². The normalized spacial score (nSPS) is 15.0. The number of carboxylic acid groups (broad SMARTS) is 4. The topological polar surface area (TPSA) is 225 Å². The maximum Gasteiger partial charge on any atom is 0.414 e. The van der Waals surface area contributed by atoms with Crippen LogP contribution >= 0.6 is 0 Å². The summed E-state index contributed by atoms with van der Waals surface area (Å²) in [7, 11) is 1.65. The molecular formula is C30H35N3O12. The van der Waals surface area contributed by atoms with Gasteiger partial charge in [0.15, 0.2) is 11.5 Å². The van der Waals surface area contributed by atoms with E-state index in [0.29, 0.717) is 25.8 Å². The van der Waals surface area contributed by atoms with Gasteiger partial charge >= 0.3 is 23.9 Å².